The van der Waals surface area contributed by atoms with Crippen LogP contribution in [0.25, 0.3) is 11.3 Å². The second-order valence-corrected chi connectivity index (χ2v) is 4.41. The lowest BCUT2D eigenvalue weighted by molar-refractivity contribution is 0.391. The zero-order valence-electron chi connectivity index (χ0n) is 10.6. The smallest absolute Gasteiger partial charge is 0.126 e. The Kier molecular flexibility index (Phi) is 3.02. The first-order valence-corrected chi connectivity index (χ1v) is 5.92. The maximum Gasteiger partial charge on any atom is 0.126 e. The molecule has 2 heterocycles. The van der Waals surface area contributed by atoms with Gasteiger partial charge in [0.2, 0.25) is 0 Å². The molecule has 0 atom stereocenters. The highest BCUT2D eigenvalue weighted by Gasteiger charge is 2.26. The van der Waals surface area contributed by atoms with Crippen molar-refractivity contribution < 1.29 is 0 Å². The molecule has 2 aromatic rings. The van der Waals surface area contributed by atoms with E-state index in [1.165, 1.54) is 0 Å². The molecule has 0 saturated heterocycles. The van der Waals surface area contributed by atoms with Crippen LogP contribution >= 0.6 is 0 Å². The number of hydrogen-bond acceptors (Lipinski definition) is 3. The van der Waals surface area contributed by atoms with Gasteiger partial charge in [-0.25, -0.2) is 4.98 Å². The first-order chi connectivity index (χ1) is 8.09. The van der Waals surface area contributed by atoms with E-state index < -0.39 is 0 Å². The van der Waals surface area contributed by atoms with Crippen molar-refractivity contribution in [3.05, 3.63) is 24.4 Å². The molecular weight excluding hydrogens is 214 g/mol. The summed E-state index contributed by atoms with van der Waals surface area (Å²) in [5, 5.41) is 4.14. The first-order valence-electron chi connectivity index (χ1n) is 5.92. The number of aryl methyl sites for hydroxylation is 1. The van der Waals surface area contributed by atoms with Crippen LogP contribution in [-0.4, -0.2) is 19.7 Å². The Morgan fingerprint density at radius 3 is 2.59 bits per heavy atom. The van der Waals surface area contributed by atoms with Gasteiger partial charge in [0.1, 0.15) is 5.82 Å². The van der Waals surface area contributed by atoms with Crippen LogP contribution in [0.4, 0.5) is 0 Å². The number of nitrogens with zero attached hydrogens (tertiary/aromatic N) is 3. The molecule has 0 fully saturated rings. The van der Waals surface area contributed by atoms with Crippen molar-refractivity contribution in [1.82, 2.24) is 19.7 Å². The molecule has 0 bridgehead atoms. The Labute approximate surface area is 101 Å². The molecule has 0 radical (unpaired) electrons. The van der Waals surface area contributed by atoms with Gasteiger partial charge < -0.3 is 10.7 Å². The summed E-state index contributed by atoms with van der Waals surface area (Å²) in [5.41, 5.74) is 7.93. The lowest BCUT2D eigenvalue weighted by Gasteiger charge is -2.23. The van der Waals surface area contributed by atoms with Gasteiger partial charge in [-0.2, -0.15) is 5.10 Å². The lowest BCUT2D eigenvalue weighted by Crippen LogP contribution is -2.36. The number of nitrogens with two attached hydrogens (primary N) is 1. The summed E-state index contributed by atoms with van der Waals surface area (Å²) in [6.07, 6.45) is 7.31. The minimum absolute atomic E-state index is 0.361. The topological polar surface area (TPSA) is 72.5 Å². The molecule has 5 heteroatoms. The van der Waals surface area contributed by atoms with E-state index >= 15 is 0 Å². The molecule has 0 saturated carbocycles. The van der Waals surface area contributed by atoms with Gasteiger partial charge in [0.25, 0.3) is 0 Å². The molecule has 0 spiro atoms. The standard InChI is InChI=1S/C12H19N5/c1-4-12(13,5-2)11-14-7-10(16-11)9-6-15-17(3)8-9/h6-8H,4-5,13H2,1-3H3,(H,14,16). The molecule has 0 unspecified atom stereocenters. The van der Waals surface area contributed by atoms with Gasteiger partial charge in [0.15, 0.2) is 0 Å². The number of aromatic amines is 1. The van der Waals surface area contributed by atoms with E-state index in [1.807, 2.05) is 25.6 Å². The summed E-state index contributed by atoms with van der Waals surface area (Å²) >= 11 is 0. The Balaban J connectivity index is 2.33. The molecule has 2 aromatic heterocycles. The second kappa shape index (κ2) is 4.33. The monoisotopic (exact) mass is 233 g/mol. The van der Waals surface area contributed by atoms with E-state index in [0.29, 0.717) is 0 Å². The predicted molar refractivity (Wildman–Crippen MR) is 67.2 cm³/mol. The van der Waals surface area contributed by atoms with E-state index in [0.717, 1.165) is 29.9 Å². The number of hydrogen-bond donors (Lipinski definition) is 2. The van der Waals surface area contributed by atoms with E-state index in [2.05, 4.69) is 28.9 Å². The number of nitrogens with one attached hydrogen (secondary N) is 1. The van der Waals surface area contributed by atoms with Crippen molar-refractivity contribution in [1.29, 1.82) is 0 Å². The molecule has 0 aliphatic carbocycles. The molecule has 2 rings (SSSR count). The minimum Gasteiger partial charge on any atom is -0.340 e. The van der Waals surface area contributed by atoms with Crippen LogP contribution in [0.15, 0.2) is 18.6 Å². The highest BCUT2D eigenvalue weighted by Crippen LogP contribution is 2.25. The van der Waals surface area contributed by atoms with Crippen molar-refractivity contribution in [2.24, 2.45) is 12.8 Å². The van der Waals surface area contributed by atoms with Crippen LogP contribution in [0, 0.1) is 0 Å². The fourth-order valence-corrected chi connectivity index (χ4v) is 1.87. The fraction of sp³-hybridized carbons (Fsp3) is 0.500. The summed E-state index contributed by atoms with van der Waals surface area (Å²) in [6.45, 7) is 4.16. The number of H-pyrrole nitrogens is 1. The van der Waals surface area contributed by atoms with Crippen LogP contribution < -0.4 is 5.73 Å². The van der Waals surface area contributed by atoms with Crippen LogP contribution in [0.2, 0.25) is 0 Å². The highest BCUT2D eigenvalue weighted by molar-refractivity contribution is 5.56. The van der Waals surface area contributed by atoms with Gasteiger partial charge in [0.05, 0.1) is 23.6 Å². The zero-order chi connectivity index (χ0) is 12.5. The van der Waals surface area contributed by atoms with Crippen LogP contribution in [0.3, 0.4) is 0 Å². The van der Waals surface area contributed by atoms with Crippen molar-refractivity contribution in [2.75, 3.05) is 0 Å². The molecule has 3 N–H and O–H groups in total. The van der Waals surface area contributed by atoms with Gasteiger partial charge in [0, 0.05) is 18.8 Å². The molecule has 17 heavy (non-hydrogen) atoms. The molecule has 0 aliphatic rings. The van der Waals surface area contributed by atoms with Crippen molar-refractivity contribution in [3.63, 3.8) is 0 Å². The Morgan fingerprint density at radius 2 is 2.06 bits per heavy atom. The lowest BCUT2D eigenvalue weighted by atomic mass is 9.93. The molecular formula is C12H19N5. The van der Waals surface area contributed by atoms with E-state index in [4.69, 9.17) is 5.73 Å². The number of imidazole rings is 1. The SMILES string of the molecule is CCC(N)(CC)c1ncc(-c2cnn(C)c2)[nH]1. The molecule has 5 nitrogen and oxygen atoms in total. The van der Waals surface area contributed by atoms with Gasteiger partial charge >= 0.3 is 0 Å². The summed E-state index contributed by atoms with van der Waals surface area (Å²) in [7, 11) is 1.89. The minimum atomic E-state index is -0.361. The van der Waals surface area contributed by atoms with E-state index in [-0.39, 0.29) is 5.54 Å². The molecule has 0 aromatic carbocycles. The highest BCUT2D eigenvalue weighted by atomic mass is 15.2. The largest absolute Gasteiger partial charge is 0.340 e. The summed E-state index contributed by atoms with van der Waals surface area (Å²) < 4.78 is 1.77. The van der Waals surface area contributed by atoms with Crippen molar-refractivity contribution in [3.8, 4) is 11.3 Å². The van der Waals surface area contributed by atoms with Gasteiger partial charge in [-0.15, -0.1) is 0 Å². The number of rotatable bonds is 4. The van der Waals surface area contributed by atoms with E-state index in [9.17, 15) is 0 Å². The Morgan fingerprint density at radius 1 is 1.35 bits per heavy atom. The fourth-order valence-electron chi connectivity index (χ4n) is 1.87. The molecule has 0 amide bonds. The van der Waals surface area contributed by atoms with Crippen molar-refractivity contribution in [2.45, 2.75) is 32.2 Å². The third kappa shape index (κ3) is 2.10. The Bertz CT molecular complexity index is 492. The van der Waals surface area contributed by atoms with Gasteiger partial charge in [-0.1, -0.05) is 13.8 Å². The third-order valence-corrected chi connectivity index (χ3v) is 3.33. The summed E-state index contributed by atoms with van der Waals surface area (Å²) in [4.78, 5) is 7.69. The summed E-state index contributed by atoms with van der Waals surface area (Å²) in [5.74, 6) is 0.848. The van der Waals surface area contributed by atoms with Gasteiger partial charge in [-0.05, 0) is 12.8 Å². The normalized spacial score (nSPS) is 12.0. The van der Waals surface area contributed by atoms with Crippen LogP contribution in [0.5, 0.6) is 0 Å². The number of aromatic nitrogens is 4. The van der Waals surface area contributed by atoms with Gasteiger partial charge in [-0.3, -0.25) is 4.68 Å². The van der Waals surface area contributed by atoms with Crippen molar-refractivity contribution >= 4 is 0 Å². The Hall–Kier alpha value is -1.62. The third-order valence-electron chi connectivity index (χ3n) is 3.33. The maximum absolute atomic E-state index is 6.30. The van der Waals surface area contributed by atoms with Crippen LogP contribution in [0.1, 0.15) is 32.5 Å². The maximum atomic E-state index is 6.30. The van der Waals surface area contributed by atoms with Crippen LogP contribution in [-0.2, 0) is 12.6 Å². The quantitative estimate of drug-likeness (QED) is 0.845. The average molecular weight is 233 g/mol. The second-order valence-electron chi connectivity index (χ2n) is 4.41. The first kappa shape index (κ1) is 11.9. The molecule has 92 valence electrons. The molecule has 0 aliphatic heterocycles. The zero-order valence-corrected chi connectivity index (χ0v) is 10.6. The average Bonchev–Trinajstić information content (AvgIpc) is 2.96. The summed E-state index contributed by atoms with van der Waals surface area (Å²) in [6, 6.07) is 0. The predicted octanol–water partition coefficient (Wildman–Crippen LogP) is 1.78. The van der Waals surface area contributed by atoms with E-state index in [1.54, 1.807) is 4.68 Å².